The van der Waals surface area contributed by atoms with Crippen molar-refractivity contribution >= 4 is 0 Å². The molecular weight excluding hydrogens is 228 g/mol. The third kappa shape index (κ3) is 3.53. The first-order chi connectivity index (χ1) is 8.73. The second-order valence-electron chi connectivity index (χ2n) is 5.32. The predicted molar refractivity (Wildman–Crippen MR) is 70.0 cm³/mol. The molecule has 1 aromatic heterocycles. The largest absolute Gasteiger partial charge is 0.372 e. The molecular formula is C13H24N4O. The molecule has 0 radical (unpaired) electrons. The molecule has 102 valence electrons. The number of ether oxygens (including phenoxy) is 1. The molecule has 1 aromatic rings. The van der Waals surface area contributed by atoms with Crippen LogP contribution in [0, 0.1) is 0 Å². The summed E-state index contributed by atoms with van der Waals surface area (Å²) in [5.41, 5.74) is 6.21. The number of aromatic nitrogens is 3. The Hall–Kier alpha value is -0.940. The summed E-state index contributed by atoms with van der Waals surface area (Å²) >= 11 is 0. The maximum Gasteiger partial charge on any atom is 0.152 e. The van der Waals surface area contributed by atoms with Crippen LogP contribution < -0.4 is 5.73 Å². The highest BCUT2D eigenvalue weighted by Gasteiger charge is 2.27. The van der Waals surface area contributed by atoms with E-state index >= 15 is 0 Å². The van der Waals surface area contributed by atoms with Crippen molar-refractivity contribution in [1.82, 2.24) is 14.8 Å². The molecule has 0 spiro atoms. The van der Waals surface area contributed by atoms with Crippen LogP contribution in [0.1, 0.15) is 51.3 Å². The van der Waals surface area contributed by atoms with Crippen molar-refractivity contribution in [1.29, 1.82) is 0 Å². The molecule has 1 aliphatic carbocycles. The van der Waals surface area contributed by atoms with Gasteiger partial charge in [0.15, 0.2) is 5.82 Å². The van der Waals surface area contributed by atoms with Crippen molar-refractivity contribution in [3.63, 3.8) is 0 Å². The van der Waals surface area contributed by atoms with Gasteiger partial charge in [0, 0.05) is 12.1 Å². The molecule has 2 rings (SSSR count). The van der Waals surface area contributed by atoms with Crippen LogP contribution in [0.25, 0.3) is 0 Å². The average molecular weight is 252 g/mol. The minimum absolute atomic E-state index is 0.117. The molecule has 18 heavy (non-hydrogen) atoms. The van der Waals surface area contributed by atoms with Gasteiger partial charge in [-0.3, -0.25) is 0 Å². The van der Waals surface area contributed by atoms with Crippen molar-refractivity contribution < 1.29 is 4.74 Å². The highest BCUT2D eigenvalue weighted by atomic mass is 16.5. The van der Waals surface area contributed by atoms with Crippen LogP contribution in [-0.4, -0.2) is 26.9 Å². The van der Waals surface area contributed by atoms with Crippen LogP contribution in [0.2, 0.25) is 0 Å². The van der Waals surface area contributed by atoms with Gasteiger partial charge < -0.3 is 10.5 Å². The molecule has 1 saturated carbocycles. The number of hydrogen-bond acceptors (Lipinski definition) is 4. The molecule has 0 bridgehead atoms. The van der Waals surface area contributed by atoms with E-state index in [0.29, 0.717) is 13.2 Å². The Balaban J connectivity index is 1.78. The lowest BCUT2D eigenvalue weighted by molar-refractivity contribution is 0.0521. The molecule has 0 atom stereocenters. The fourth-order valence-electron chi connectivity index (χ4n) is 2.54. The summed E-state index contributed by atoms with van der Waals surface area (Å²) in [6.07, 6.45) is 8.56. The van der Waals surface area contributed by atoms with Gasteiger partial charge in [0.2, 0.25) is 0 Å². The van der Waals surface area contributed by atoms with Gasteiger partial charge in [-0.05, 0) is 19.3 Å². The lowest BCUT2D eigenvalue weighted by atomic mass is 9.83. The Morgan fingerprint density at radius 1 is 1.39 bits per heavy atom. The quantitative estimate of drug-likeness (QED) is 0.839. The minimum Gasteiger partial charge on any atom is -0.372 e. The number of aryl methyl sites for hydroxylation is 1. The van der Waals surface area contributed by atoms with Gasteiger partial charge in [0.1, 0.15) is 12.9 Å². The van der Waals surface area contributed by atoms with Crippen LogP contribution in [0.3, 0.4) is 0 Å². The number of hydrogen-bond donors (Lipinski definition) is 1. The standard InChI is InChI=1S/C13H24N4O/c1-2-8-17-12(15-11-16-17)9-18-10-13(14)6-4-3-5-7-13/h11H,2-10,14H2,1H3. The van der Waals surface area contributed by atoms with Gasteiger partial charge in [-0.25, -0.2) is 9.67 Å². The fraction of sp³-hybridized carbons (Fsp3) is 0.846. The Morgan fingerprint density at radius 3 is 2.89 bits per heavy atom. The van der Waals surface area contributed by atoms with Crippen molar-refractivity contribution in [2.75, 3.05) is 6.61 Å². The van der Waals surface area contributed by atoms with E-state index in [2.05, 4.69) is 17.0 Å². The van der Waals surface area contributed by atoms with Crippen molar-refractivity contribution in [3.8, 4) is 0 Å². The van der Waals surface area contributed by atoms with E-state index in [9.17, 15) is 0 Å². The molecule has 5 heteroatoms. The van der Waals surface area contributed by atoms with Gasteiger partial charge >= 0.3 is 0 Å². The molecule has 0 unspecified atom stereocenters. The van der Waals surface area contributed by atoms with Crippen LogP contribution in [0.15, 0.2) is 6.33 Å². The summed E-state index contributed by atoms with van der Waals surface area (Å²) in [6.45, 7) is 4.17. The van der Waals surface area contributed by atoms with Gasteiger partial charge in [-0.15, -0.1) is 0 Å². The normalized spacial score (nSPS) is 19.0. The van der Waals surface area contributed by atoms with E-state index in [4.69, 9.17) is 10.5 Å². The maximum atomic E-state index is 6.33. The second-order valence-corrected chi connectivity index (χ2v) is 5.32. The Morgan fingerprint density at radius 2 is 2.17 bits per heavy atom. The topological polar surface area (TPSA) is 66.0 Å². The van der Waals surface area contributed by atoms with Crippen LogP contribution in [-0.2, 0) is 17.9 Å². The summed E-state index contributed by atoms with van der Waals surface area (Å²) in [6, 6.07) is 0. The first-order valence-electron chi connectivity index (χ1n) is 6.97. The smallest absolute Gasteiger partial charge is 0.152 e. The zero-order valence-corrected chi connectivity index (χ0v) is 11.3. The average Bonchev–Trinajstić information content (AvgIpc) is 2.78. The molecule has 0 amide bonds. The summed E-state index contributed by atoms with van der Waals surface area (Å²) < 4.78 is 7.67. The maximum absolute atomic E-state index is 6.33. The van der Waals surface area contributed by atoms with E-state index in [-0.39, 0.29) is 5.54 Å². The van der Waals surface area contributed by atoms with E-state index in [0.717, 1.165) is 31.6 Å². The molecule has 0 aromatic carbocycles. The fourth-order valence-corrected chi connectivity index (χ4v) is 2.54. The van der Waals surface area contributed by atoms with Crippen molar-refractivity contribution in [2.45, 2.75) is 64.1 Å². The van der Waals surface area contributed by atoms with Crippen LogP contribution in [0.4, 0.5) is 0 Å². The van der Waals surface area contributed by atoms with Gasteiger partial charge in [-0.1, -0.05) is 26.2 Å². The SMILES string of the molecule is CCCn1ncnc1COCC1(N)CCCCC1. The summed E-state index contributed by atoms with van der Waals surface area (Å²) in [5.74, 6) is 0.899. The van der Waals surface area contributed by atoms with Crippen molar-refractivity contribution in [2.24, 2.45) is 5.73 Å². The van der Waals surface area contributed by atoms with E-state index < -0.39 is 0 Å². The van der Waals surface area contributed by atoms with Gasteiger partial charge in [-0.2, -0.15) is 5.10 Å². The van der Waals surface area contributed by atoms with Crippen LogP contribution >= 0.6 is 0 Å². The molecule has 1 heterocycles. The first kappa shape index (κ1) is 13.5. The molecule has 5 nitrogen and oxygen atoms in total. The zero-order valence-electron chi connectivity index (χ0n) is 11.3. The monoisotopic (exact) mass is 252 g/mol. The third-order valence-electron chi connectivity index (χ3n) is 3.60. The van der Waals surface area contributed by atoms with E-state index in [1.54, 1.807) is 6.33 Å². The molecule has 0 saturated heterocycles. The van der Waals surface area contributed by atoms with Gasteiger partial charge in [0.25, 0.3) is 0 Å². The highest BCUT2D eigenvalue weighted by Crippen LogP contribution is 2.26. The summed E-state index contributed by atoms with van der Waals surface area (Å²) in [4.78, 5) is 4.23. The Kier molecular flexibility index (Phi) is 4.72. The highest BCUT2D eigenvalue weighted by molar-refractivity contribution is 4.88. The van der Waals surface area contributed by atoms with E-state index in [1.807, 2.05) is 4.68 Å². The third-order valence-corrected chi connectivity index (χ3v) is 3.60. The Bertz CT molecular complexity index is 358. The van der Waals surface area contributed by atoms with Gasteiger partial charge in [0.05, 0.1) is 6.61 Å². The molecule has 2 N–H and O–H groups in total. The minimum atomic E-state index is -0.117. The molecule has 1 fully saturated rings. The Labute approximate surface area is 109 Å². The number of nitrogens with two attached hydrogens (primary N) is 1. The van der Waals surface area contributed by atoms with E-state index in [1.165, 1.54) is 19.3 Å². The zero-order chi connectivity index (χ0) is 12.8. The predicted octanol–water partition coefficient (Wildman–Crippen LogP) is 1.87. The molecule has 0 aliphatic heterocycles. The lowest BCUT2D eigenvalue weighted by Crippen LogP contribution is -2.46. The summed E-state index contributed by atoms with van der Waals surface area (Å²) in [5, 5.41) is 4.18. The number of nitrogens with zero attached hydrogens (tertiary/aromatic N) is 3. The molecule has 1 aliphatic rings. The lowest BCUT2D eigenvalue weighted by Gasteiger charge is -2.32. The number of rotatable bonds is 6. The first-order valence-corrected chi connectivity index (χ1v) is 6.97. The van der Waals surface area contributed by atoms with Crippen LogP contribution in [0.5, 0.6) is 0 Å². The second kappa shape index (κ2) is 6.29. The summed E-state index contributed by atoms with van der Waals surface area (Å²) in [7, 11) is 0. The van der Waals surface area contributed by atoms with Crippen molar-refractivity contribution in [3.05, 3.63) is 12.2 Å².